The fraction of sp³-hybridized carbons (Fsp3) is 0.839. The summed E-state index contributed by atoms with van der Waals surface area (Å²) in [5.74, 6) is 1.57. The lowest BCUT2D eigenvalue weighted by Gasteiger charge is -2.62. The van der Waals surface area contributed by atoms with E-state index in [9.17, 15) is 15.0 Å². The van der Waals surface area contributed by atoms with Crippen LogP contribution >= 0.6 is 0 Å². The maximum atomic E-state index is 12.4. The molecule has 0 amide bonds. The topological polar surface area (TPSA) is 57.5 Å². The van der Waals surface area contributed by atoms with Crippen molar-refractivity contribution in [1.82, 2.24) is 0 Å². The Balaban J connectivity index is 1.73. The number of aliphatic carboxylic acids is 1. The van der Waals surface area contributed by atoms with E-state index in [-0.39, 0.29) is 34.2 Å². The van der Waals surface area contributed by atoms with Gasteiger partial charge in [0.15, 0.2) is 0 Å². The molecule has 0 radical (unpaired) electrons. The van der Waals surface area contributed by atoms with Crippen molar-refractivity contribution in [2.75, 3.05) is 0 Å². The number of allylic oxidation sites excluding steroid dienone is 4. The van der Waals surface area contributed by atoms with E-state index in [1.165, 1.54) is 24.8 Å². The summed E-state index contributed by atoms with van der Waals surface area (Å²) >= 11 is 0. The molecule has 3 heteroatoms. The van der Waals surface area contributed by atoms with Crippen LogP contribution in [-0.2, 0) is 4.79 Å². The molecule has 7 atom stereocenters. The van der Waals surface area contributed by atoms with E-state index < -0.39 is 5.97 Å². The second-order valence-corrected chi connectivity index (χ2v) is 14.0. The molecule has 0 aromatic heterocycles. The maximum Gasteiger partial charge on any atom is 0.304 e. The minimum atomic E-state index is -0.663. The molecule has 192 valence electrons. The average Bonchev–Trinajstić information content (AvgIpc) is 3.03. The number of aliphatic hydroxyl groups is 1. The van der Waals surface area contributed by atoms with Gasteiger partial charge in [0.2, 0.25) is 0 Å². The zero-order chi connectivity index (χ0) is 25.1. The van der Waals surface area contributed by atoms with Gasteiger partial charge in [0.05, 0.1) is 12.5 Å². The molecular formula is C31H50O3. The molecule has 0 aromatic carbocycles. The summed E-state index contributed by atoms with van der Waals surface area (Å²) in [6, 6.07) is 0. The van der Waals surface area contributed by atoms with Crippen LogP contribution < -0.4 is 0 Å². The highest BCUT2D eigenvalue weighted by molar-refractivity contribution is 5.70. The molecular weight excluding hydrogens is 420 g/mol. The van der Waals surface area contributed by atoms with Crippen LogP contribution in [0.15, 0.2) is 23.3 Å². The Hall–Kier alpha value is -1.09. The van der Waals surface area contributed by atoms with Crippen molar-refractivity contribution < 1.29 is 15.0 Å². The second-order valence-electron chi connectivity index (χ2n) is 14.0. The highest BCUT2D eigenvalue weighted by Gasteiger charge is 2.63. The summed E-state index contributed by atoms with van der Waals surface area (Å²) in [7, 11) is 0. The SMILES string of the molecule is CC(C)CCC[C@@H](C)C1C=C[C@@]2(CC(=O)O)C3=C(CCC12C)C1(C)CCC(O)C(C)(C)[C@@H]1CC3. The zero-order valence-corrected chi connectivity index (χ0v) is 22.9. The van der Waals surface area contributed by atoms with Crippen molar-refractivity contribution in [3.05, 3.63) is 23.3 Å². The molecule has 3 nitrogen and oxygen atoms in total. The smallest absolute Gasteiger partial charge is 0.304 e. The molecule has 0 aliphatic heterocycles. The molecule has 4 unspecified atom stereocenters. The highest BCUT2D eigenvalue weighted by Crippen LogP contribution is 2.71. The van der Waals surface area contributed by atoms with Gasteiger partial charge >= 0.3 is 5.97 Å². The molecule has 4 rings (SSSR count). The van der Waals surface area contributed by atoms with Crippen molar-refractivity contribution in [3.63, 3.8) is 0 Å². The van der Waals surface area contributed by atoms with Gasteiger partial charge in [0.25, 0.3) is 0 Å². The van der Waals surface area contributed by atoms with Crippen LogP contribution in [0.1, 0.15) is 113 Å². The van der Waals surface area contributed by atoms with Crippen LogP contribution in [0.3, 0.4) is 0 Å². The zero-order valence-electron chi connectivity index (χ0n) is 22.9. The Kier molecular flexibility index (Phi) is 6.71. The number of rotatable bonds is 7. The van der Waals surface area contributed by atoms with Crippen LogP contribution in [0.4, 0.5) is 0 Å². The first-order valence-electron chi connectivity index (χ1n) is 14.1. The number of carboxylic acids is 1. The minimum absolute atomic E-state index is 0.0195. The third-order valence-electron chi connectivity index (χ3n) is 11.5. The third kappa shape index (κ3) is 3.75. The number of carboxylic acid groups (broad SMARTS) is 1. The Morgan fingerprint density at radius 2 is 1.74 bits per heavy atom. The van der Waals surface area contributed by atoms with Crippen LogP contribution in [0, 0.1) is 45.3 Å². The van der Waals surface area contributed by atoms with Gasteiger partial charge in [0, 0.05) is 5.41 Å². The first-order chi connectivity index (χ1) is 15.8. The molecule has 1 saturated carbocycles. The molecule has 4 aliphatic carbocycles. The summed E-state index contributed by atoms with van der Waals surface area (Å²) in [6.07, 6.45) is 14.7. The van der Waals surface area contributed by atoms with Gasteiger partial charge in [-0.1, -0.05) is 91.0 Å². The molecule has 2 N–H and O–H groups in total. The second kappa shape index (κ2) is 8.79. The average molecular weight is 471 g/mol. The Morgan fingerprint density at radius 3 is 2.38 bits per heavy atom. The van der Waals surface area contributed by atoms with E-state index in [0.717, 1.165) is 44.4 Å². The Bertz CT molecular complexity index is 866. The molecule has 0 spiro atoms. The summed E-state index contributed by atoms with van der Waals surface area (Å²) in [6.45, 7) is 16.4. The van der Waals surface area contributed by atoms with Crippen LogP contribution in [0.5, 0.6) is 0 Å². The van der Waals surface area contributed by atoms with Gasteiger partial charge in [-0.2, -0.15) is 0 Å². The molecule has 0 aromatic rings. The quantitative estimate of drug-likeness (QED) is 0.373. The lowest BCUT2D eigenvalue weighted by molar-refractivity contribution is -0.141. The maximum absolute atomic E-state index is 12.4. The number of fused-ring (bicyclic) bond motifs is 4. The predicted molar refractivity (Wildman–Crippen MR) is 139 cm³/mol. The molecule has 0 bridgehead atoms. The van der Waals surface area contributed by atoms with E-state index in [2.05, 4.69) is 60.6 Å². The molecule has 1 fully saturated rings. The monoisotopic (exact) mass is 470 g/mol. The van der Waals surface area contributed by atoms with Crippen molar-refractivity contribution in [3.8, 4) is 0 Å². The van der Waals surface area contributed by atoms with Gasteiger partial charge < -0.3 is 10.2 Å². The summed E-state index contributed by atoms with van der Waals surface area (Å²) in [4.78, 5) is 12.4. The van der Waals surface area contributed by atoms with Gasteiger partial charge in [0.1, 0.15) is 0 Å². The van der Waals surface area contributed by atoms with Crippen molar-refractivity contribution in [2.45, 2.75) is 119 Å². The van der Waals surface area contributed by atoms with Crippen LogP contribution in [-0.4, -0.2) is 22.3 Å². The molecule has 4 aliphatic rings. The number of carbonyl (C=O) groups is 1. The first kappa shape index (κ1) is 26.0. The minimum Gasteiger partial charge on any atom is -0.481 e. The lowest BCUT2D eigenvalue weighted by atomic mass is 9.42. The third-order valence-corrected chi connectivity index (χ3v) is 11.5. The standard InChI is InChI=1S/C31H50O3/c1-20(2)9-8-10-21(3)22-14-18-31(19-27(33)34)24-11-12-25-28(4,5)26(32)15-16-29(25,6)23(24)13-17-30(22,31)7/h14,18,20-22,25-26,32H,8-13,15-17,19H2,1-7H3,(H,33,34)/t21-,22?,25+,26?,29?,30?,31-/m1/s1. The lowest BCUT2D eigenvalue weighted by Crippen LogP contribution is -2.55. The summed E-state index contributed by atoms with van der Waals surface area (Å²) < 4.78 is 0. The van der Waals surface area contributed by atoms with Gasteiger partial charge in [-0.05, 0) is 78.4 Å². The van der Waals surface area contributed by atoms with Crippen molar-refractivity contribution in [2.24, 2.45) is 45.3 Å². The highest BCUT2D eigenvalue weighted by atomic mass is 16.4. The van der Waals surface area contributed by atoms with E-state index in [1.54, 1.807) is 5.57 Å². The van der Waals surface area contributed by atoms with Gasteiger partial charge in [-0.25, -0.2) is 0 Å². The molecule has 0 saturated heterocycles. The van der Waals surface area contributed by atoms with E-state index in [1.807, 2.05) is 0 Å². The summed E-state index contributed by atoms with van der Waals surface area (Å²) in [5, 5.41) is 21.0. The Labute approximate surface area is 208 Å². The molecule has 34 heavy (non-hydrogen) atoms. The van der Waals surface area contributed by atoms with Gasteiger partial charge in [-0.15, -0.1) is 0 Å². The van der Waals surface area contributed by atoms with E-state index >= 15 is 0 Å². The first-order valence-corrected chi connectivity index (χ1v) is 14.1. The number of aliphatic hydroxyl groups excluding tert-OH is 1. The predicted octanol–water partition coefficient (Wildman–Crippen LogP) is 7.79. The van der Waals surface area contributed by atoms with Crippen LogP contribution in [0.2, 0.25) is 0 Å². The number of hydrogen-bond donors (Lipinski definition) is 2. The van der Waals surface area contributed by atoms with E-state index in [0.29, 0.717) is 17.8 Å². The largest absolute Gasteiger partial charge is 0.481 e. The fourth-order valence-corrected chi connectivity index (χ4v) is 9.44. The molecule has 0 heterocycles. The number of hydrogen-bond acceptors (Lipinski definition) is 2. The van der Waals surface area contributed by atoms with Crippen molar-refractivity contribution in [1.29, 1.82) is 0 Å². The van der Waals surface area contributed by atoms with E-state index in [4.69, 9.17) is 0 Å². The Morgan fingerprint density at radius 1 is 1.03 bits per heavy atom. The summed E-state index contributed by atoms with van der Waals surface area (Å²) in [5.41, 5.74) is 2.66. The fourth-order valence-electron chi connectivity index (χ4n) is 9.44. The van der Waals surface area contributed by atoms with Crippen LogP contribution in [0.25, 0.3) is 0 Å². The van der Waals surface area contributed by atoms with Gasteiger partial charge in [-0.3, -0.25) is 4.79 Å². The van der Waals surface area contributed by atoms with Crippen molar-refractivity contribution >= 4 is 5.97 Å². The normalized spacial score (nSPS) is 41.7.